The highest BCUT2D eigenvalue weighted by Gasteiger charge is 2.48. The molecule has 4 aromatic heterocycles. The Labute approximate surface area is 172 Å². The number of amides is 1. The van der Waals surface area contributed by atoms with E-state index in [2.05, 4.69) is 42.2 Å². The summed E-state index contributed by atoms with van der Waals surface area (Å²) >= 11 is 0. The first-order valence-electron chi connectivity index (χ1n) is 10.3. The van der Waals surface area contributed by atoms with Crippen LogP contribution in [0.15, 0.2) is 37.1 Å². The third-order valence-corrected chi connectivity index (χ3v) is 6.45. The van der Waals surface area contributed by atoms with E-state index in [0.29, 0.717) is 12.4 Å². The Morgan fingerprint density at radius 3 is 3.00 bits per heavy atom. The van der Waals surface area contributed by atoms with Gasteiger partial charge in [-0.15, -0.1) is 0 Å². The van der Waals surface area contributed by atoms with Crippen LogP contribution >= 0.6 is 0 Å². The lowest BCUT2D eigenvalue weighted by molar-refractivity contribution is -0.136. The molecule has 9 nitrogen and oxygen atoms in total. The quantitative estimate of drug-likeness (QED) is 0.544. The zero-order valence-corrected chi connectivity index (χ0v) is 16.7. The molecular weight excluding hydrogens is 380 g/mol. The molecule has 6 rings (SSSR count). The molecule has 1 saturated heterocycles. The Kier molecular flexibility index (Phi) is 3.62. The van der Waals surface area contributed by atoms with Crippen molar-refractivity contribution in [1.29, 1.82) is 0 Å². The Hall–Kier alpha value is -3.49. The number of rotatable bonds is 4. The van der Waals surface area contributed by atoms with Crippen LogP contribution in [0, 0.1) is 0 Å². The van der Waals surface area contributed by atoms with E-state index in [4.69, 9.17) is 0 Å². The second kappa shape index (κ2) is 6.25. The van der Waals surface area contributed by atoms with Crippen molar-refractivity contribution >= 4 is 28.5 Å². The molecule has 1 saturated carbocycles. The summed E-state index contributed by atoms with van der Waals surface area (Å²) in [6.07, 6.45) is 10.8. The number of hydrogen-bond donors (Lipinski definition) is 2. The smallest absolute Gasteiger partial charge is 0.224 e. The van der Waals surface area contributed by atoms with Crippen molar-refractivity contribution in [1.82, 2.24) is 34.4 Å². The molecule has 0 atom stereocenters. The average molecular weight is 402 g/mol. The zero-order valence-electron chi connectivity index (χ0n) is 16.7. The first-order valence-corrected chi connectivity index (χ1v) is 10.3. The van der Waals surface area contributed by atoms with Crippen LogP contribution in [0.3, 0.4) is 0 Å². The predicted octanol–water partition coefficient (Wildman–Crippen LogP) is 2.62. The Morgan fingerprint density at radius 1 is 1.27 bits per heavy atom. The lowest BCUT2D eigenvalue weighted by Gasteiger charge is -2.51. The highest BCUT2D eigenvalue weighted by molar-refractivity contribution is 5.93. The maximum Gasteiger partial charge on any atom is 0.224 e. The number of aromatic nitrogens is 6. The maximum absolute atomic E-state index is 12.1. The summed E-state index contributed by atoms with van der Waals surface area (Å²) in [5.74, 6) is 0.902. The molecule has 30 heavy (non-hydrogen) atoms. The van der Waals surface area contributed by atoms with Gasteiger partial charge in [0.05, 0.1) is 0 Å². The number of carbonyl (C=O) groups excluding carboxylic acids is 1. The van der Waals surface area contributed by atoms with E-state index in [1.807, 2.05) is 30.7 Å². The van der Waals surface area contributed by atoms with Crippen molar-refractivity contribution in [3.63, 3.8) is 0 Å². The minimum atomic E-state index is -0.0328. The number of aromatic amines is 1. The van der Waals surface area contributed by atoms with Crippen LogP contribution in [0.5, 0.6) is 0 Å². The standard InChI is InChI=1S/C21H22N8O/c1-21(28-6-2-3-18(28)30)7-14(8-21)26-20-23-10-16-15(9-22-19(16)27-20)13-4-5-17-24-12-25-29(17)11-13/h4-5,9-12,14H,2-3,6-8H2,1H3,(H2,22,23,26,27)/t14-,21+. The number of nitrogens with one attached hydrogen (secondary N) is 2. The van der Waals surface area contributed by atoms with Gasteiger partial charge in [0.15, 0.2) is 5.65 Å². The lowest BCUT2D eigenvalue weighted by atomic mass is 9.73. The van der Waals surface area contributed by atoms with E-state index in [9.17, 15) is 4.79 Å². The molecule has 0 unspecified atom stereocenters. The molecule has 152 valence electrons. The zero-order chi connectivity index (χ0) is 20.3. The van der Waals surface area contributed by atoms with Crippen LogP contribution in [0.4, 0.5) is 5.95 Å². The van der Waals surface area contributed by atoms with E-state index in [0.717, 1.165) is 53.6 Å². The van der Waals surface area contributed by atoms with Crippen LogP contribution in [-0.2, 0) is 4.79 Å². The van der Waals surface area contributed by atoms with Crippen molar-refractivity contribution in [2.45, 2.75) is 44.2 Å². The Bertz CT molecular complexity index is 1270. The SMILES string of the molecule is C[C@]1(N2CCCC2=O)C[C@@H](Nc2ncc3c(-c4ccc5ncnn5c4)c[nH]c3n2)C1. The van der Waals surface area contributed by atoms with Crippen LogP contribution in [0.2, 0.25) is 0 Å². The number of likely N-dealkylation sites (tertiary alicyclic amines) is 1. The number of H-pyrrole nitrogens is 1. The highest BCUT2D eigenvalue weighted by Crippen LogP contribution is 2.41. The number of pyridine rings is 1. The summed E-state index contributed by atoms with van der Waals surface area (Å²) in [6.45, 7) is 3.07. The summed E-state index contributed by atoms with van der Waals surface area (Å²) in [7, 11) is 0. The average Bonchev–Trinajstić information content (AvgIpc) is 3.44. The summed E-state index contributed by atoms with van der Waals surface area (Å²) in [5, 5.41) is 8.60. The van der Waals surface area contributed by atoms with E-state index in [-0.39, 0.29) is 17.5 Å². The van der Waals surface area contributed by atoms with Crippen molar-refractivity contribution < 1.29 is 4.79 Å². The second-order valence-corrected chi connectivity index (χ2v) is 8.53. The molecule has 0 bridgehead atoms. The first-order chi connectivity index (χ1) is 14.6. The number of nitrogens with zero attached hydrogens (tertiary/aromatic N) is 6. The van der Waals surface area contributed by atoms with Crippen LogP contribution in [0.1, 0.15) is 32.6 Å². The van der Waals surface area contributed by atoms with Crippen LogP contribution < -0.4 is 5.32 Å². The van der Waals surface area contributed by atoms with Gasteiger partial charge in [0.1, 0.15) is 12.0 Å². The molecule has 2 aliphatic rings. The number of anilines is 1. The highest BCUT2D eigenvalue weighted by atomic mass is 16.2. The number of carbonyl (C=O) groups is 1. The molecule has 5 heterocycles. The van der Waals surface area contributed by atoms with E-state index in [1.54, 1.807) is 10.8 Å². The third-order valence-electron chi connectivity index (χ3n) is 6.45. The lowest BCUT2D eigenvalue weighted by Crippen LogP contribution is -2.59. The second-order valence-electron chi connectivity index (χ2n) is 8.53. The predicted molar refractivity (Wildman–Crippen MR) is 112 cm³/mol. The fourth-order valence-electron chi connectivity index (χ4n) is 4.92. The molecular formula is C21H22N8O. The largest absolute Gasteiger partial charge is 0.351 e. The van der Waals surface area contributed by atoms with Crippen LogP contribution in [0.25, 0.3) is 27.8 Å². The Balaban J connectivity index is 1.20. The van der Waals surface area contributed by atoms with Gasteiger partial charge in [-0.1, -0.05) is 0 Å². The topological polar surface area (TPSA) is 104 Å². The van der Waals surface area contributed by atoms with Crippen LogP contribution in [-0.4, -0.2) is 58.5 Å². The maximum atomic E-state index is 12.1. The summed E-state index contributed by atoms with van der Waals surface area (Å²) < 4.78 is 1.75. The van der Waals surface area contributed by atoms with Gasteiger partial charge in [-0.25, -0.2) is 14.5 Å². The molecule has 1 amide bonds. The molecule has 0 spiro atoms. The summed E-state index contributed by atoms with van der Waals surface area (Å²) in [5.41, 5.74) is 3.61. The van der Waals surface area contributed by atoms with Gasteiger partial charge in [-0.2, -0.15) is 10.1 Å². The number of hydrogen-bond acceptors (Lipinski definition) is 6. The molecule has 0 aromatic carbocycles. The fourth-order valence-corrected chi connectivity index (χ4v) is 4.92. The van der Waals surface area contributed by atoms with Gasteiger partial charge in [0, 0.05) is 59.7 Å². The number of fused-ring (bicyclic) bond motifs is 2. The van der Waals surface area contributed by atoms with E-state index >= 15 is 0 Å². The normalized spacial score (nSPS) is 24.0. The van der Waals surface area contributed by atoms with E-state index < -0.39 is 0 Å². The monoisotopic (exact) mass is 402 g/mol. The Morgan fingerprint density at radius 2 is 2.17 bits per heavy atom. The van der Waals surface area contributed by atoms with Gasteiger partial charge < -0.3 is 15.2 Å². The van der Waals surface area contributed by atoms with Gasteiger partial charge in [-0.3, -0.25) is 4.79 Å². The minimum Gasteiger partial charge on any atom is -0.351 e. The molecule has 2 fully saturated rings. The third kappa shape index (κ3) is 2.65. The van der Waals surface area contributed by atoms with Gasteiger partial charge in [0.2, 0.25) is 11.9 Å². The van der Waals surface area contributed by atoms with E-state index in [1.165, 1.54) is 0 Å². The van der Waals surface area contributed by atoms with Crippen molar-refractivity contribution in [2.75, 3.05) is 11.9 Å². The van der Waals surface area contributed by atoms with Gasteiger partial charge in [0.25, 0.3) is 0 Å². The fraction of sp³-hybridized carbons (Fsp3) is 0.381. The molecule has 0 radical (unpaired) electrons. The van der Waals surface area contributed by atoms with Crippen molar-refractivity contribution in [3.8, 4) is 11.1 Å². The van der Waals surface area contributed by atoms with Crippen molar-refractivity contribution in [2.24, 2.45) is 0 Å². The molecule has 4 aromatic rings. The first kappa shape index (κ1) is 17.4. The molecule has 1 aliphatic heterocycles. The minimum absolute atomic E-state index is 0.0328. The van der Waals surface area contributed by atoms with Gasteiger partial charge in [-0.05, 0) is 38.3 Å². The summed E-state index contributed by atoms with van der Waals surface area (Å²) in [6, 6.07) is 4.25. The van der Waals surface area contributed by atoms with Gasteiger partial charge >= 0.3 is 0 Å². The molecule has 1 aliphatic carbocycles. The molecule has 2 N–H and O–H groups in total. The van der Waals surface area contributed by atoms with Crippen molar-refractivity contribution in [3.05, 3.63) is 37.1 Å². The summed E-state index contributed by atoms with van der Waals surface area (Å²) in [4.78, 5) is 30.8. The molecule has 9 heteroatoms.